The van der Waals surface area contributed by atoms with Gasteiger partial charge >= 0.3 is 11.9 Å². The summed E-state index contributed by atoms with van der Waals surface area (Å²) in [5.74, 6) is -2.04. The van der Waals surface area contributed by atoms with E-state index in [1.54, 1.807) is 25.5 Å². The maximum atomic E-state index is 11.6. The van der Waals surface area contributed by atoms with Crippen LogP contribution in [0.1, 0.15) is 29.3 Å². The van der Waals surface area contributed by atoms with Crippen molar-refractivity contribution >= 4 is 59.0 Å². The first-order valence-electron chi connectivity index (χ1n) is 8.15. The number of methoxy groups -OCH3 is 1. The third-order valence-electron chi connectivity index (χ3n) is 4.21. The minimum absolute atomic E-state index is 0.142. The molecule has 0 amide bonds. The average molecular weight is 420 g/mol. The Morgan fingerprint density at radius 2 is 2.14 bits per heavy atom. The first kappa shape index (κ1) is 19.8. The summed E-state index contributed by atoms with van der Waals surface area (Å²) < 4.78 is 6.45. The standard InChI is InChI=1S/C18H16N2O6S2/c1-26-10-2-3-12-11(7-10)9(8-19-12)6-14-16(23)20(18(27)28-14)13(17(24)25)4-5-15(21)22/h2-3,6-8,13,23H,4-5H2,1H3,(H,21,22)(H,24,25)/b9-6-. The highest BCUT2D eigenvalue weighted by atomic mass is 32.1. The van der Waals surface area contributed by atoms with E-state index in [0.29, 0.717) is 16.2 Å². The summed E-state index contributed by atoms with van der Waals surface area (Å²) in [6, 6.07) is 4.15. The van der Waals surface area contributed by atoms with E-state index in [1.165, 1.54) is 0 Å². The van der Waals surface area contributed by atoms with Crippen molar-refractivity contribution in [3.8, 4) is 11.6 Å². The largest absolute Gasteiger partial charge is 0.497 e. The van der Waals surface area contributed by atoms with Crippen LogP contribution in [-0.2, 0) is 9.59 Å². The minimum Gasteiger partial charge on any atom is -0.497 e. The average Bonchev–Trinajstić information content (AvgIpc) is 3.16. The maximum absolute atomic E-state index is 11.6. The van der Waals surface area contributed by atoms with Crippen LogP contribution in [0.25, 0.3) is 11.6 Å². The number of hydrogen-bond acceptors (Lipinski definition) is 7. The molecule has 3 N–H and O–H groups in total. The van der Waals surface area contributed by atoms with E-state index in [4.69, 9.17) is 22.1 Å². The summed E-state index contributed by atoms with van der Waals surface area (Å²) in [6.07, 6.45) is 2.75. The van der Waals surface area contributed by atoms with Gasteiger partial charge in [-0.1, -0.05) is 0 Å². The Kier molecular flexibility index (Phi) is 5.61. The van der Waals surface area contributed by atoms with E-state index in [9.17, 15) is 19.8 Å². The van der Waals surface area contributed by atoms with Crippen LogP contribution in [0, 0.1) is 3.95 Å². The van der Waals surface area contributed by atoms with Crippen molar-refractivity contribution in [1.82, 2.24) is 4.57 Å². The zero-order valence-electron chi connectivity index (χ0n) is 14.7. The number of carbonyl (C=O) groups is 2. The van der Waals surface area contributed by atoms with Crippen LogP contribution < -0.4 is 4.74 Å². The number of thiazole rings is 1. The molecule has 2 heterocycles. The van der Waals surface area contributed by atoms with Crippen LogP contribution in [0.15, 0.2) is 23.2 Å². The quantitative estimate of drug-likeness (QED) is 0.583. The summed E-state index contributed by atoms with van der Waals surface area (Å²) in [5, 5.41) is 28.9. The number of benzene rings is 1. The fraction of sp³-hybridized carbons (Fsp3) is 0.222. The molecule has 0 saturated carbocycles. The molecule has 3 rings (SSSR count). The van der Waals surface area contributed by atoms with Gasteiger partial charge in [0.15, 0.2) is 3.95 Å². The van der Waals surface area contributed by atoms with Crippen molar-refractivity contribution in [1.29, 1.82) is 0 Å². The summed E-state index contributed by atoms with van der Waals surface area (Å²) >= 11 is 6.26. The third kappa shape index (κ3) is 3.82. The molecule has 0 bridgehead atoms. The Hall–Kier alpha value is -2.98. The maximum Gasteiger partial charge on any atom is 0.326 e. The second-order valence-electron chi connectivity index (χ2n) is 5.95. The summed E-state index contributed by atoms with van der Waals surface area (Å²) in [7, 11) is 1.56. The monoisotopic (exact) mass is 420 g/mol. The molecule has 0 aliphatic carbocycles. The molecule has 1 aliphatic heterocycles. The molecule has 1 aromatic heterocycles. The van der Waals surface area contributed by atoms with Crippen LogP contribution >= 0.6 is 23.6 Å². The normalized spacial score (nSPS) is 14.8. The van der Waals surface area contributed by atoms with Crippen molar-refractivity contribution < 1.29 is 29.6 Å². The van der Waals surface area contributed by atoms with Crippen molar-refractivity contribution in [2.75, 3.05) is 7.11 Å². The molecule has 0 radical (unpaired) electrons. The van der Waals surface area contributed by atoms with Gasteiger partial charge in [0.2, 0.25) is 5.88 Å². The van der Waals surface area contributed by atoms with Crippen molar-refractivity contribution in [2.45, 2.75) is 18.9 Å². The molecule has 0 spiro atoms. The number of aliphatic imine (C=N–C) groups is 1. The summed E-state index contributed by atoms with van der Waals surface area (Å²) in [4.78, 5) is 27.1. The van der Waals surface area contributed by atoms with Gasteiger partial charge in [-0.25, -0.2) is 4.79 Å². The van der Waals surface area contributed by atoms with Gasteiger partial charge in [0, 0.05) is 23.8 Å². The lowest BCUT2D eigenvalue weighted by molar-refractivity contribution is -0.142. The molecule has 10 heteroatoms. The van der Waals surface area contributed by atoms with Crippen LogP contribution in [0.5, 0.6) is 11.6 Å². The Balaban J connectivity index is 2.01. The number of aromatic nitrogens is 1. The highest BCUT2D eigenvalue weighted by molar-refractivity contribution is 7.73. The molecule has 0 saturated heterocycles. The van der Waals surface area contributed by atoms with E-state index in [-0.39, 0.29) is 22.7 Å². The first-order valence-corrected chi connectivity index (χ1v) is 9.37. The van der Waals surface area contributed by atoms with Gasteiger partial charge in [-0.15, -0.1) is 11.3 Å². The molecule has 1 aromatic carbocycles. The summed E-state index contributed by atoms with van der Waals surface area (Å²) in [6.45, 7) is 0. The van der Waals surface area contributed by atoms with Crippen molar-refractivity contribution in [3.63, 3.8) is 0 Å². The van der Waals surface area contributed by atoms with Gasteiger partial charge in [0.1, 0.15) is 11.8 Å². The minimum atomic E-state index is -1.27. The Labute approximate surface area is 168 Å². The van der Waals surface area contributed by atoms with E-state index in [0.717, 1.165) is 27.2 Å². The molecule has 146 valence electrons. The second kappa shape index (κ2) is 7.95. The van der Waals surface area contributed by atoms with E-state index >= 15 is 0 Å². The predicted molar refractivity (Wildman–Crippen MR) is 107 cm³/mol. The molecule has 0 fully saturated rings. The predicted octanol–water partition coefficient (Wildman–Crippen LogP) is 3.74. The number of aromatic hydroxyl groups is 1. The fourth-order valence-electron chi connectivity index (χ4n) is 2.84. The van der Waals surface area contributed by atoms with Crippen LogP contribution in [0.2, 0.25) is 0 Å². The number of hydrogen-bond donors (Lipinski definition) is 3. The number of carboxylic acids is 2. The number of fused-ring (bicyclic) bond motifs is 1. The topological polar surface area (TPSA) is 121 Å². The van der Waals surface area contributed by atoms with Gasteiger partial charge in [-0.2, -0.15) is 0 Å². The van der Waals surface area contributed by atoms with Gasteiger partial charge in [-0.05, 0) is 42.9 Å². The van der Waals surface area contributed by atoms with Crippen molar-refractivity contribution in [2.24, 2.45) is 4.99 Å². The van der Waals surface area contributed by atoms with Crippen LogP contribution in [0.3, 0.4) is 0 Å². The molecular formula is C18H16N2O6S2. The zero-order valence-corrected chi connectivity index (χ0v) is 16.3. The number of allylic oxidation sites excluding steroid dienone is 1. The first-order chi connectivity index (χ1) is 13.3. The van der Waals surface area contributed by atoms with Crippen LogP contribution in [0.4, 0.5) is 5.69 Å². The van der Waals surface area contributed by atoms with Gasteiger partial charge in [0.25, 0.3) is 0 Å². The number of ether oxygens (including phenoxy) is 1. The molecule has 1 atom stereocenters. The lowest BCUT2D eigenvalue weighted by atomic mass is 10.1. The summed E-state index contributed by atoms with van der Waals surface area (Å²) in [5.41, 5.74) is 2.27. The number of rotatable bonds is 7. The molecule has 1 unspecified atom stereocenters. The number of carboxylic acid groups (broad SMARTS) is 2. The number of nitrogens with zero attached hydrogens (tertiary/aromatic N) is 2. The lowest BCUT2D eigenvalue weighted by Crippen LogP contribution is -2.20. The van der Waals surface area contributed by atoms with E-state index < -0.39 is 18.0 Å². The molecular weight excluding hydrogens is 404 g/mol. The Morgan fingerprint density at radius 1 is 1.39 bits per heavy atom. The SMILES string of the molecule is COc1ccc2c(c1)/C(=C\c1sc(=S)n(C(CCC(=O)O)C(=O)O)c1O)C=N2. The number of aliphatic carboxylic acids is 2. The van der Waals surface area contributed by atoms with Gasteiger partial charge < -0.3 is 20.1 Å². The molecule has 28 heavy (non-hydrogen) atoms. The third-order valence-corrected chi connectivity index (χ3v) is 5.55. The van der Waals surface area contributed by atoms with Gasteiger partial charge in [-0.3, -0.25) is 14.4 Å². The Morgan fingerprint density at radius 3 is 2.79 bits per heavy atom. The van der Waals surface area contributed by atoms with E-state index in [1.807, 2.05) is 12.1 Å². The zero-order chi connectivity index (χ0) is 20.4. The van der Waals surface area contributed by atoms with Crippen molar-refractivity contribution in [3.05, 3.63) is 32.6 Å². The highest BCUT2D eigenvalue weighted by Crippen LogP contribution is 2.39. The highest BCUT2D eigenvalue weighted by Gasteiger charge is 2.26. The Bertz CT molecular complexity index is 1070. The van der Waals surface area contributed by atoms with E-state index in [2.05, 4.69) is 4.99 Å². The molecule has 1 aliphatic rings. The lowest BCUT2D eigenvalue weighted by Gasteiger charge is -2.14. The second-order valence-corrected chi connectivity index (χ2v) is 7.63. The molecule has 8 nitrogen and oxygen atoms in total. The van der Waals surface area contributed by atoms with Gasteiger partial charge in [0.05, 0.1) is 17.7 Å². The smallest absolute Gasteiger partial charge is 0.326 e. The fourth-order valence-corrected chi connectivity index (χ4v) is 4.20. The van der Waals surface area contributed by atoms with Crippen LogP contribution in [-0.4, -0.2) is 45.1 Å². The molecule has 2 aromatic rings.